The van der Waals surface area contributed by atoms with E-state index in [1.54, 1.807) is 0 Å². The molecular formula is C20H30N4OS. The van der Waals surface area contributed by atoms with Crippen LogP contribution in [0.5, 0.6) is 0 Å². The van der Waals surface area contributed by atoms with Crippen molar-refractivity contribution in [3.05, 3.63) is 5.82 Å². The Morgan fingerprint density at radius 3 is 2.12 bits per heavy atom. The topological polar surface area (TPSA) is 49.3 Å². The first-order valence-corrected chi connectivity index (χ1v) is 11.2. The van der Waals surface area contributed by atoms with Gasteiger partial charge in [0.15, 0.2) is 0 Å². The number of rotatable bonds is 3. The van der Waals surface area contributed by atoms with E-state index in [-0.39, 0.29) is 5.41 Å². The summed E-state index contributed by atoms with van der Waals surface area (Å²) in [5.74, 6) is 4.31. The van der Waals surface area contributed by atoms with Crippen LogP contribution in [0.3, 0.4) is 0 Å². The molecule has 4 bridgehead atoms. The second-order valence-corrected chi connectivity index (χ2v) is 10.3. The van der Waals surface area contributed by atoms with E-state index in [1.165, 1.54) is 50.1 Å². The molecule has 5 fully saturated rings. The average Bonchev–Trinajstić information content (AvgIpc) is 3.10. The van der Waals surface area contributed by atoms with Crippen LogP contribution >= 0.6 is 11.5 Å². The van der Waals surface area contributed by atoms with Crippen LogP contribution in [0.2, 0.25) is 0 Å². The second kappa shape index (κ2) is 6.18. The number of piperazine rings is 1. The van der Waals surface area contributed by atoms with Gasteiger partial charge in [0, 0.05) is 43.6 Å². The molecule has 6 heteroatoms. The summed E-state index contributed by atoms with van der Waals surface area (Å²) in [5.41, 5.74) is 0.00443. The Balaban J connectivity index is 1.25. The number of hydrogen-bond donors (Lipinski definition) is 0. The molecule has 5 aliphatic rings. The summed E-state index contributed by atoms with van der Waals surface area (Å²) in [6, 6.07) is 0. The van der Waals surface area contributed by atoms with Gasteiger partial charge >= 0.3 is 0 Å². The van der Waals surface area contributed by atoms with E-state index >= 15 is 0 Å². The standard InChI is InChI=1S/C20H30N4OS/c1-13(2)17-21-19(26-22-17)24-5-3-23(4-6-24)18(25)20-10-14-7-15(11-20)9-16(8-14)12-20/h13-16H,3-12H2,1-2H3. The van der Waals surface area contributed by atoms with Crippen LogP contribution in [0.15, 0.2) is 0 Å². The first kappa shape index (κ1) is 17.0. The van der Waals surface area contributed by atoms with Gasteiger partial charge in [0.25, 0.3) is 0 Å². The van der Waals surface area contributed by atoms with Crippen molar-refractivity contribution >= 4 is 22.6 Å². The first-order chi connectivity index (χ1) is 12.5. The number of carbonyl (C=O) groups is 1. The predicted molar refractivity (Wildman–Crippen MR) is 103 cm³/mol. The molecule has 4 aliphatic carbocycles. The maximum Gasteiger partial charge on any atom is 0.228 e. The largest absolute Gasteiger partial charge is 0.343 e. The minimum Gasteiger partial charge on any atom is -0.343 e. The van der Waals surface area contributed by atoms with Crippen molar-refractivity contribution in [2.24, 2.45) is 23.2 Å². The van der Waals surface area contributed by atoms with Crippen molar-refractivity contribution in [1.29, 1.82) is 0 Å². The molecule has 2 heterocycles. The first-order valence-electron chi connectivity index (χ1n) is 10.4. The predicted octanol–water partition coefficient (Wildman–Crippen LogP) is 3.53. The number of nitrogens with zero attached hydrogens (tertiary/aromatic N) is 4. The van der Waals surface area contributed by atoms with E-state index in [9.17, 15) is 4.79 Å². The molecule has 0 unspecified atom stereocenters. The quantitative estimate of drug-likeness (QED) is 0.812. The van der Waals surface area contributed by atoms with Crippen LogP contribution in [0.1, 0.15) is 64.1 Å². The highest BCUT2D eigenvalue weighted by Gasteiger charge is 2.55. The Labute approximate surface area is 160 Å². The SMILES string of the molecule is CC(C)c1nsc(N2CCN(C(=O)C34CC5CC(CC(C5)C3)C4)CC2)n1. The Hall–Kier alpha value is -1.17. The number of hydrogen-bond acceptors (Lipinski definition) is 5. The van der Waals surface area contributed by atoms with Gasteiger partial charge in [-0.05, 0) is 56.3 Å². The number of carbonyl (C=O) groups excluding carboxylic acids is 1. The molecule has 6 rings (SSSR count). The van der Waals surface area contributed by atoms with Crippen molar-refractivity contribution in [1.82, 2.24) is 14.3 Å². The molecule has 1 aromatic heterocycles. The zero-order valence-electron chi connectivity index (χ0n) is 16.0. The third kappa shape index (κ3) is 2.76. The number of aromatic nitrogens is 2. The molecular weight excluding hydrogens is 344 g/mol. The molecule has 1 aromatic rings. The van der Waals surface area contributed by atoms with Crippen molar-refractivity contribution in [3.8, 4) is 0 Å². The molecule has 1 saturated heterocycles. The minimum atomic E-state index is 0.00443. The summed E-state index contributed by atoms with van der Waals surface area (Å²) in [6.45, 7) is 7.74. The summed E-state index contributed by atoms with van der Waals surface area (Å²) in [6.07, 6.45) is 7.71. The summed E-state index contributed by atoms with van der Waals surface area (Å²) < 4.78 is 4.48. The van der Waals surface area contributed by atoms with E-state index in [2.05, 4.69) is 33.0 Å². The van der Waals surface area contributed by atoms with Crippen LogP contribution in [0, 0.1) is 23.2 Å². The zero-order chi connectivity index (χ0) is 17.9. The van der Waals surface area contributed by atoms with Crippen molar-refractivity contribution in [3.63, 3.8) is 0 Å². The molecule has 1 amide bonds. The number of anilines is 1. The highest BCUT2D eigenvalue weighted by Crippen LogP contribution is 2.60. The lowest BCUT2D eigenvalue weighted by atomic mass is 9.49. The maximum atomic E-state index is 13.5. The minimum absolute atomic E-state index is 0.00443. The van der Waals surface area contributed by atoms with Gasteiger partial charge in [0.05, 0.1) is 5.41 Å². The second-order valence-electron chi connectivity index (χ2n) is 9.57. The summed E-state index contributed by atoms with van der Waals surface area (Å²) >= 11 is 1.50. The van der Waals surface area contributed by atoms with Crippen molar-refractivity contribution in [2.75, 3.05) is 31.1 Å². The summed E-state index contributed by atoms with van der Waals surface area (Å²) in [4.78, 5) is 22.6. The Bertz CT molecular complexity index is 656. The fraction of sp³-hybridized carbons (Fsp3) is 0.850. The van der Waals surface area contributed by atoms with E-state index in [0.29, 0.717) is 11.8 Å². The van der Waals surface area contributed by atoms with E-state index in [1.807, 2.05) is 0 Å². The molecule has 0 N–H and O–H groups in total. The Morgan fingerprint density at radius 2 is 1.62 bits per heavy atom. The van der Waals surface area contributed by atoms with Crippen molar-refractivity contribution in [2.45, 2.75) is 58.3 Å². The van der Waals surface area contributed by atoms with Gasteiger partial charge in [-0.15, -0.1) is 0 Å². The molecule has 1 aliphatic heterocycles. The van der Waals surface area contributed by atoms with E-state index in [0.717, 1.165) is 54.9 Å². The maximum absolute atomic E-state index is 13.5. The zero-order valence-corrected chi connectivity index (χ0v) is 16.8. The van der Waals surface area contributed by atoms with Crippen LogP contribution in [0.4, 0.5) is 5.13 Å². The molecule has 26 heavy (non-hydrogen) atoms. The van der Waals surface area contributed by atoms with Crippen LogP contribution in [0.25, 0.3) is 0 Å². The molecule has 0 spiro atoms. The third-order valence-corrected chi connectivity index (χ3v) is 8.07. The third-order valence-electron chi connectivity index (χ3n) is 7.28. The van der Waals surface area contributed by atoms with E-state index < -0.39 is 0 Å². The molecule has 0 aromatic carbocycles. The van der Waals surface area contributed by atoms with Gasteiger partial charge in [0.2, 0.25) is 11.0 Å². The van der Waals surface area contributed by atoms with Crippen LogP contribution < -0.4 is 4.90 Å². The fourth-order valence-corrected chi connectivity index (χ4v) is 7.26. The summed E-state index contributed by atoms with van der Waals surface area (Å²) in [5, 5.41) is 1.02. The lowest BCUT2D eigenvalue weighted by Gasteiger charge is -2.57. The highest BCUT2D eigenvalue weighted by molar-refractivity contribution is 7.09. The van der Waals surface area contributed by atoms with Gasteiger partial charge < -0.3 is 9.80 Å². The number of amides is 1. The molecule has 5 nitrogen and oxygen atoms in total. The molecule has 4 saturated carbocycles. The monoisotopic (exact) mass is 374 g/mol. The Morgan fingerprint density at radius 1 is 1.04 bits per heavy atom. The van der Waals surface area contributed by atoms with E-state index in [4.69, 9.17) is 0 Å². The summed E-state index contributed by atoms with van der Waals surface area (Å²) in [7, 11) is 0. The van der Waals surface area contributed by atoms with Gasteiger partial charge in [-0.25, -0.2) is 4.98 Å². The van der Waals surface area contributed by atoms with Crippen LogP contribution in [-0.2, 0) is 4.79 Å². The lowest BCUT2D eigenvalue weighted by Crippen LogP contribution is -2.58. The highest BCUT2D eigenvalue weighted by atomic mass is 32.1. The van der Waals surface area contributed by atoms with Gasteiger partial charge in [-0.2, -0.15) is 4.37 Å². The average molecular weight is 375 g/mol. The normalized spacial score (nSPS) is 36.2. The van der Waals surface area contributed by atoms with Gasteiger partial charge in [0.1, 0.15) is 5.82 Å². The smallest absolute Gasteiger partial charge is 0.228 e. The van der Waals surface area contributed by atoms with Crippen LogP contribution in [-0.4, -0.2) is 46.3 Å². The molecule has 0 atom stereocenters. The molecule has 142 valence electrons. The fourth-order valence-electron chi connectivity index (χ4n) is 6.40. The van der Waals surface area contributed by atoms with Crippen molar-refractivity contribution < 1.29 is 4.79 Å². The van der Waals surface area contributed by atoms with Gasteiger partial charge in [-0.1, -0.05) is 13.8 Å². The lowest BCUT2D eigenvalue weighted by molar-refractivity contribution is -0.158. The van der Waals surface area contributed by atoms with Gasteiger partial charge in [-0.3, -0.25) is 4.79 Å². The Kier molecular flexibility index (Phi) is 4.03. The molecule has 0 radical (unpaired) electrons.